The van der Waals surface area contributed by atoms with Crippen molar-refractivity contribution in [2.24, 2.45) is 5.11 Å². The van der Waals surface area contributed by atoms with Crippen LogP contribution in [0.15, 0.2) is 23.3 Å². The van der Waals surface area contributed by atoms with Crippen LogP contribution in [0.25, 0.3) is 10.4 Å². The van der Waals surface area contributed by atoms with Crippen LogP contribution in [0.5, 0.6) is 0 Å². The van der Waals surface area contributed by atoms with Crippen molar-refractivity contribution in [3.8, 4) is 0 Å². The van der Waals surface area contributed by atoms with Gasteiger partial charge in [-0.15, -0.1) is 0 Å². The molecule has 0 aliphatic carbocycles. The average Bonchev–Trinajstić information content (AvgIpc) is 2.44. The number of esters is 2. The number of nitrogens with zero attached hydrogens (tertiary/aromatic N) is 3. The smallest absolute Gasteiger partial charge is 0.347 e. The Labute approximate surface area is 77.7 Å². The zero-order valence-corrected chi connectivity index (χ0v) is 6.80. The van der Waals surface area contributed by atoms with Crippen molar-refractivity contribution in [3.05, 3.63) is 39.8 Å². The highest BCUT2D eigenvalue weighted by molar-refractivity contribution is 6.17. The third kappa shape index (κ3) is 1.02. The number of hydrogen-bond donors (Lipinski definition) is 0. The zero-order chi connectivity index (χ0) is 10.1. The summed E-state index contributed by atoms with van der Waals surface area (Å²) in [5.41, 5.74) is 8.51. The number of benzene rings is 1. The highest BCUT2D eigenvalue weighted by Gasteiger charge is 2.31. The minimum atomic E-state index is -0.770. The molecule has 1 aliphatic rings. The van der Waals surface area contributed by atoms with Crippen LogP contribution in [0.2, 0.25) is 0 Å². The monoisotopic (exact) mass is 189 g/mol. The number of hydrogen-bond acceptors (Lipinski definition) is 4. The predicted octanol–water partition coefficient (Wildman–Crippen LogP) is 1.94. The summed E-state index contributed by atoms with van der Waals surface area (Å²) < 4.78 is 4.36. The van der Waals surface area contributed by atoms with Gasteiger partial charge in [0.05, 0.1) is 16.8 Å². The second-order valence-electron chi connectivity index (χ2n) is 2.57. The van der Waals surface area contributed by atoms with Crippen molar-refractivity contribution in [3.63, 3.8) is 0 Å². The van der Waals surface area contributed by atoms with Crippen LogP contribution in [0, 0.1) is 0 Å². The van der Waals surface area contributed by atoms with E-state index in [1.165, 1.54) is 18.2 Å². The molecule has 6 heteroatoms. The van der Waals surface area contributed by atoms with E-state index in [0.717, 1.165) is 0 Å². The summed E-state index contributed by atoms with van der Waals surface area (Å²) in [5.74, 6) is -1.48. The number of rotatable bonds is 1. The summed E-state index contributed by atoms with van der Waals surface area (Å²) in [6, 6.07) is 4.40. The molecule has 6 nitrogen and oxygen atoms in total. The SMILES string of the molecule is [N-]=[N+]=Nc1cccc2c1C(=O)OC2=O. The van der Waals surface area contributed by atoms with E-state index < -0.39 is 11.9 Å². The van der Waals surface area contributed by atoms with E-state index in [0.29, 0.717) is 0 Å². The highest BCUT2D eigenvalue weighted by atomic mass is 16.6. The molecule has 0 radical (unpaired) electrons. The molecular weight excluding hydrogens is 186 g/mol. The molecule has 0 spiro atoms. The maximum absolute atomic E-state index is 11.1. The van der Waals surface area contributed by atoms with Gasteiger partial charge >= 0.3 is 11.9 Å². The lowest BCUT2D eigenvalue weighted by atomic mass is 10.1. The number of carbonyl (C=O) groups is 2. The van der Waals surface area contributed by atoms with Crippen LogP contribution in [-0.2, 0) is 4.74 Å². The first-order chi connectivity index (χ1) is 6.74. The van der Waals surface area contributed by atoms with Crippen molar-refractivity contribution in [1.82, 2.24) is 0 Å². The maximum Gasteiger partial charge on any atom is 0.347 e. The normalized spacial score (nSPS) is 13.1. The first kappa shape index (κ1) is 8.28. The number of ether oxygens (including phenoxy) is 1. The van der Waals surface area contributed by atoms with Gasteiger partial charge in [0, 0.05) is 4.91 Å². The highest BCUT2D eigenvalue weighted by Crippen LogP contribution is 2.29. The molecule has 0 saturated carbocycles. The van der Waals surface area contributed by atoms with Gasteiger partial charge in [-0.3, -0.25) is 0 Å². The second kappa shape index (κ2) is 2.86. The van der Waals surface area contributed by atoms with E-state index in [1.807, 2.05) is 0 Å². The van der Waals surface area contributed by atoms with E-state index in [-0.39, 0.29) is 16.8 Å². The Morgan fingerprint density at radius 2 is 2.07 bits per heavy atom. The fraction of sp³-hybridized carbons (Fsp3) is 0. The summed E-state index contributed by atoms with van der Waals surface area (Å²) in [6.45, 7) is 0. The van der Waals surface area contributed by atoms with Gasteiger partial charge in [0.15, 0.2) is 0 Å². The van der Waals surface area contributed by atoms with Crippen molar-refractivity contribution in [2.45, 2.75) is 0 Å². The average molecular weight is 189 g/mol. The van der Waals surface area contributed by atoms with Gasteiger partial charge in [0.1, 0.15) is 0 Å². The Morgan fingerprint density at radius 3 is 2.79 bits per heavy atom. The van der Waals surface area contributed by atoms with E-state index in [9.17, 15) is 9.59 Å². The number of fused-ring (bicyclic) bond motifs is 1. The number of carbonyl (C=O) groups excluding carboxylic acids is 2. The van der Waals surface area contributed by atoms with E-state index in [2.05, 4.69) is 14.8 Å². The summed E-state index contributed by atoms with van der Waals surface area (Å²) in [7, 11) is 0. The van der Waals surface area contributed by atoms with Crippen LogP contribution < -0.4 is 0 Å². The van der Waals surface area contributed by atoms with Gasteiger partial charge in [0.2, 0.25) is 0 Å². The van der Waals surface area contributed by atoms with E-state index >= 15 is 0 Å². The molecule has 68 valence electrons. The lowest BCUT2D eigenvalue weighted by Gasteiger charge is -1.94. The predicted molar refractivity (Wildman–Crippen MR) is 45.0 cm³/mol. The molecule has 0 bridgehead atoms. The van der Waals surface area contributed by atoms with Gasteiger partial charge in [-0.05, 0) is 11.6 Å². The molecule has 0 fully saturated rings. The summed E-state index contributed by atoms with van der Waals surface area (Å²) in [5, 5.41) is 3.29. The molecular formula is C8H3N3O3. The van der Waals surface area contributed by atoms with Crippen LogP contribution in [0.1, 0.15) is 20.7 Å². The van der Waals surface area contributed by atoms with Crippen LogP contribution in [0.3, 0.4) is 0 Å². The van der Waals surface area contributed by atoms with Crippen molar-refractivity contribution >= 4 is 17.6 Å². The van der Waals surface area contributed by atoms with Crippen LogP contribution >= 0.6 is 0 Å². The molecule has 2 rings (SSSR count). The topological polar surface area (TPSA) is 92.1 Å². The Bertz CT molecular complexity index is 489. The molecule has 0 saturated heterocycles. The third-order valence-electron chi connectivity index (χ3n) is 1.80. The van der Waals surface area contributed by atoms with Gasteiger partial charge in [-0.25, -0.2) is 9.59 Å². The number of azide groups is 1. The first-order valence-electron chi connectivity index (χ1n) is 3.68. The zero-order valence-electron chi connectivity index (χ0n) is 6.80. The molecule has 1 aliphatic heterocycles. The van der Waals surface area contributed by atoms with Crippen molar-refractivity contribution in [1.29, 1.82) is 0 Å². The van der Waals surface area contributed by atoms with Gasteiger partial charge in [-0.1, -0.05) is 17.2 Å². The quantitative estimate of drug-likeness (QED) is 0.222. The molecule has 0 aromatic heterocycles. The Morgan fingerprint density at radius 1 is 1.29 bits per heavy atom. The molecule has 0 N–H and O–H groups in total. The van der Waals surface area contributed by atoms with Crippen molar-refractivity contribution in [2.75, 3.05) is 0 Å². The summed E-state index contributed by atoms with van der Waals surface area (Å²) >= 11 is 0. The minimum absolute atomic E-state index is 0.0373. The third-order valence-corrected chi connectivity index (χ3v) is 1.80. The van der Waals surface area contributed by atoms with Crippen LogP contribution in [-0.4, -0.2) is 11.9 Å². The molecule has 1 heterocycles. The second-order valence-corrected chi connectivity index (χ2v) is 2.57. The summed E-state index contributed by atoms with van der Waals surface area (Å²) in [4.78, 5) is 24.7. The fourth-order valence-electron chi connectivity index (χ4n) is 1.25. The van der Waals surface area contributed by atoms with E-state index in [4.69, 9.17) is 5.53 Å². The molecule has 0 unspecified atom stereocenters. The Balaban J connectivity index is 2.73. The minimum Gasteiger partial charge on any atom is -0.386 e. The molecule has 0 atom stereocenters. The van der Waals surface area contributed by atoms with Crippen LogP contribution in [0.4, 0.5) is 5.69 Å². The Hall–Kier alpha value is -2.33. The Kier molecular flexibility index (Phi) is 1.69. The largest absolute Gasteiger partial charge is 0.386 e. The fourth-order valence-corrected chi connectivity index (χ4v) is 1.25. The lowest BCUT2D eigenvalue weighted by molar-refractivity contribution is 0.0444. The van der Waals surface area contributed by atoms with E-state index in [1.54, 1.807) is 0 Å². The van der Waals surface area contributed by atoms with Gasteiger partial charge in [-0.2, -0.15) is 0 Å². The maximum atomic E-state index is 11.1. The number of cyclic esters (lactones) is 2. The summed E-state index contributed by atoms with van der Waals surface area (Å²) in [6.07, 6.45) is 0. The molecule has 1 aromatic rings. The van der Waals surface area contributed by atoms with Gasteiger partial charge < -0.3 is 4.74 Å². The van der Waals surface area contributed by atoms with Gasteiger partial charge in [0.25, 0.3) is 0 Å². The van der Waals surface area contributed by atoms with Crippen molar-refractivity contribution < 1.29 is 14.3 Å². The molecule has 0 amide bonds. The molecule has 14 heavy (non-hydrogen) atoms. The molecule has 1 aromatic carbocycles. The first-order valence-corrected chi connectivity index (χ1v) is 3.68. The standard InChI is InChI=1S/C8H3N3O3/c9-11-10-5-3-1-2-4-6(5)8(13)14-7(4)12/h1-3H. The lowest BCUT2D eigenvalue weighted by Crippen LogP contribution is -1.97.